The molecule has 3 aliphatic heterocycles. The molecule has 0 spiro atoms. The van der Waals surface area contributed by atoms with E-state index < -0.39 is 0 Å². The Labute approximate surface area is 117 Å². The SMILES string of the molecule is CC1CN2CCCC2CN1CCOC1CCNCC1. The zero-order valence-electron chi connectivity index (χ0n) is 12.3. The van der Waals surface area contributed by atoms with Crippen molar-refractivity contribution >= 4 is 0 Å². The normalized spacial score (nSPS) is 34.6. The monoisotopic (exact) mass is 267 g/mol. The van der Waals surface area contributed by atoms with Gasteiger partial charge in [0.25, 0.3) is 0 Å². The van der Waals surface area contributed by atoms with E-state index in [4.69, 9.17) is 4.74 Å². The lowest BCUT2D eigenvalue weighted by Gasteiger charge is -2.42. The lowest BCUT2D eigenvalue weighted by molar-refractivity contribution is -0.00513. The van der Waals surface area contributed by atoms with Crippen LogP contribution in [0, 0.1) is 0 Å². The second-order valence-electron chi connectivity index (χ2n) is 6.46. The fraction of sp³-hybridized carbons (Fsp3) is 1.00. The molecule has 2 atom stereocenters. The van der Waals surface area contributed by atoms with E-state index in [1.54, 1.807) is 0 Å². The van der Waals surface area contributed by atoms with Gasteiger partial charge in [0.15, 0.2) is 0 Å². The van der Waals surface area contributed by atoms with Gasteiger partial charge in [-0.25, -0.2) is 0 Å². The fourth-order valence-corrected chi connectivity index (χ4v) is 3.86. The van der Waals surface area contributed by atoms with Gasteiger partial charge in [-0.2, -0.15) is 0 Å². The highest BCUT2D eigenvalue weighted by atomic mass is 16.5. The number of piperazine rings is 1. The quantitative estimate of drug-likeness (QED) is 0.820. The molecule has 3 fully saturated rings. The molecule has 3 heterocycles. The predicted molar refractivity (Wildman–Crippen MR) is 77.5 cm³/mol. The molecule has 4 heteroatoms. The zero-order chi connectivity index (χ0) is 13.1. The molecule has 2 unspecified atom stereocenters. The minimum atomic E-state index is 0.504. The summed E-state index contributed by atoms with van der Waals surface area (Å²) in [6.45, 7) is 10.5. The Kier molecular flexibility index (Phi) is 4.74. The standard InChI is InChI=1S/C15H29N3O/c1-13-11-18-8-2-3-14(18)12-17(13)9-10-19-15-4-6-16-7-5-15/h13-16H,2-12H2,1H3. The second-order valence-corrected chi connectivity index (χ2v) is 6.46. The third-order valence-corrected chi connectivity index (χ3v) is 5.08. The van der Waals surface area contributed by atoms with E-state index in [-0.39, 0.29) is 0 Å². The molecule has 0 aromatic carbocycles. The molecule has 3 rings (SSSR count). The second kappa shape index (κ2) is 6.53. The molecule has 0 aromatic heterocycles. The van der Waals surface area contributed by atoms with Gasteiger partial charge in [0, 0.05) is 31.7 Å². The molecule has 0 bridgehead atoms. The first-order valence-electron chi connectivity index (χ1n) is 8.13. The van der Waals surface area contributed by atoms with Gasteiger partial charge < -0.3 is 10.1 Å². The van der Waals surface area contributed by atoms with Crippen LogP contribution in [0.3, 0.4) is 0 Å². The Balaban J connectivity index is 1.39. The molecule has 0 amide bonds. The van der Waals surface area contributed by atoms with Gasteiger partial charge in [-0.15, -0.1) is 0 Å². The van der Waals surface area contributed by atoms with Crippen LogP contribution in [0.4, 0.5) is 0 Å². The van der Waals surface area contributed by atoms with Crippen molar-refractivity contribution in [3.05, 3.63) is 0 Å². The molecular weight excluding hydrogens is 238 g/mol. The smallest absolute Gasteiger partial charge is 0.0600 e. The van der Waals surface area contributed by atoms with Crippen molar-refractivity contribution in [2.75, 3.05) is 45.9 Å². The van der Waals surface area contributed by atoms with E-state index in [0.717, 1.165) is 32.3 Å². The van der Waals surface area contributed by atoms with Crippen molar-refractivity contribution in [3.8, 4) is 0 Å². The molecule has 3 saturated heterocycles. The average Bonchev–Trinajstić information content (AvgIpc) is 2.87. The Morgan fingerprint density at radius 2 is 2.00 bits per heavy atom. The molecule has 0 aliphatic carbocycles. The lowest BCUT2D eigenvalue weighted by Crippen LogP contribution is -2.55. The van der Waals surface area contributed by atoms with Crippen LogP contribution in [-0.4, -0.2) is 73.9 Å². The highest BCUT2D eigenvalue weighted by Gasteiger charge is 2.34. The minimum absolute atomic E-state index is 0.504. The Morgan fingerprint density at radius 3 is 2.84 bits per heavy atom. The van der Waals surface area contributed by atoms with Crippen LogP contribution in [0.1, 0.15) is 32.6 Å². The van der Waals surface area contributed by atoms with E-state index in [2.05, 4.69) is 22.0 Å². The van der Waals surface area contributed by atoms with Crippen molar-refractivity contribution in [2.45, 2.75) is 50.8 Å². The summed E-state index contributed by atoms with van der Waals surface area (Å²) in [6.07, 6.45) is 5.68. The Hall–Kier alpha value is -0.160. The van der Waals surface area contributed by atoms with E-state index in [9.17, 15) is 0 Å². The number of ether oxygens (including phenoxy) is 1. The van der Waals surface area contributed by atoms with Gasteiger partial charge in [-0.1, -0.05) is 0 Å². The number of hydrogen-bond acceptors (Lipinski definition) is 4. The van der Waals surface area contributed by atoms with E-state index >= 15 is 0 Å². The summed E-state index contributed by atoms with van der Waals surface area (Å²) >= 11 is 0. The maximum absolute atomic E-state index is 6.05. The van der Waals surface area contributed by atoms with Crippen LogP contribution < -0.4 is 5.32 Å². The number of piperidine rings is 1. The maximum atomic E-state index is 6.05. The average molecular weight is 267 g/mol. The van der Waals surface area contributed by atoms with Gasteiger partial charge in [0.2, 0.25) is 0 Å². The van der Waals surface area contributed by atoms with Gasteiger partial charge in [-0.3, -0.25) is 9.80 Å². The van der Waals surface area contributed by atoms with Gasteiger partial charge in [0.05, 0.1) is 12.7 Å². The molecule has 4 nitrogen and oxygen atoms in total. The van der Waals surface area contributed by atoms with Crippen molar-refractivity contribution in [1.82, 2.24) is 15.1 Å². The predicted octanol–water partition coefficient (Wildman–Crippen LogP) is 0.924. The summed E-state index contributed by atoms with van der Waals surface area (Å²) in [5, 5.41) is 3.39. The van der Waals surface area contributed by atoms with Crippen molar-refractivity contribution in [3.63, 3.8) is 0 Å². The van der Waals surface area contributed by atoms with Crippen LogP contribution in [-0.2, 0) is 4.74 Å². The first kappa shape index (κ1) is 13.8. The van der Waals surface area contributed by atoms with Gasteiger partial charge >= 0.3 is 0 Å². The molecule has 3 aliphatic rings. The van der Waals surface area contributed by atoms with E-state index in [0.29, 0.717) is 12.1 Å². The van der Waals surface area contributed by atoms with Gasteiger partial charge in [0.1, 0.15) is 0 Å². The molecule has 110 valence electrons. The van der Waals surface area contributed by atoms with Crippen LogP contribution >= 0.6 is 0 Å². The van der Waals surface area contributed by atoms with Crippen molar-refractivity contribution in [1.29, 1.82) is 0 Å². The molecular formula is C15H29N3O. The number of nitrogens with one attached hydrogen (secondary N) is 1. The maximum Gasteiger partial charge on any atom is 0.0600 e. The molecule has 1 N–H and O–H groups in total. The molecule has 19 heavy (non-hydrogen) atoms. The minimum Gasteiger partial charge on any atom is -0.377 e. The summed E-state index contributed by atoms with van der Waals surface area (Å²) in [5.41, 5.74) is 0. The van der Waals surface area contributed by atoms with Crippen molar-refractivity contribution in [2.24, 2.45) is 0 Å². The Morgan fingerprint density at radius 1 is 1.16 bits per heavy atom. The van der Waals surface area contributed by atoms with Crippen LogP contribution in [0.15, 0.2) is 0 Å². The fourth-order valence-electron chi connectivity index (χ4n) is 3.86. The number of hydrogen-bond donors (Lipinski definition) is 1. The van der Waals surface area contributed by atoms with E-state index in [1.807, 2.05) is 0 Å². The van der Waals surface area contributed by atoms with Gasteiger partial charge in [-0.05, 0) is 52.2 Å². The largest absolute Gasteiger partial charge is 0.377 e. The van der Waals surface area contributed by atoms with E-state index in [1.165, 1.54) is 45.3 Å². The van der Waals surface area contributed by atoms with Crippen molar-refractivity contribution < 1.29 is 4.74 Å². The molecule has 0 aromatic rings. The summed E-state index contributed by atoms with van der Waals surface area (Å²) in [4.78, 5) is 5.34. The van der Waals surface area contributed by atoms with Crippen LogP contribution in [0.2, 0.25) is 0 Å². The summed E-state index contributed by atoms with van der Waals surface area (Å²) in [5.74, 6) is 0. The highest BCUT2D eigenvalue weighted by molar-refractivity contribution is 4.90. The highest BCUT2D eigenvalue weighted by Crippen LogP contribution is 2.24. The lowest BCUT2D eigenvalue weighted by atomic mass is 10.1. The van der Waals surface area contributed by atoms with Crippen LogP contribution in [0.25, 0.3) is 0 Å². The number of fused-ring (bicyclic) bond motifs is 1. The first-order chi connectivity index (χ1) is 9.33. The zero-order valence-corrected chi connectivity index (χ0v) is 12.3. The number of nitrogens with zero attached hydrogens (tertiary/aromatic N) is 2. The molecule has 0 saturated carbocycles. The summed E-state index contributed by atoms with van der Waals surface area (Å²) in [7, 11) is 0. The third kappa shape index (κ3) is 3.48. The first-order valence-corrected chi connectivity index (χ1v) is 8.13. The summed E-state index contributed by atoms with van der Waals surface area (Å²) in [6, 6.07) is 1.53. The van der Waals surface area contributed by atoms with Crippen LogP contribution in [0.5, 0.6) is 0 Å². The number of rotatable bonds is 4. The molecule has 0 radical (unpaired) electrons. The third-order valence-electron chi connectivity index (χ3n) is 5.08. The topological polar surface area (TPSA) is 27.7 Å². The summed E-state index contributed by atoms with van der Waals surface area (Å²) < 4.78 is 6.05. The Bertz CT molecular complexity index is 281.